The van der Waals surface area contributed by atoms with Crippen LogP contribution in [0, 0.1) is 0 Å². The number of carbonyl (C=O) groups is 1. The predicted octanol–water partition coefficient (Wildman–Crippen LogP) is 1.07. The molecule has 1 amide bonds. The number of rotatable bonds is 3. The molecule has 0 aliphatic carbocycles. The van der Waals surface area contributed by atoms with E-state index in [4.69, 9.17) is 4.42 Å². The van der Waals surface area contributed by atoms with E-state index in [9.17, 15) is 4.79 Å². The molecule has 0 atom stereocenters. The molecular weight excluding hydrogens is 228 g/mol. The van der Waals surface area contributed by atoms with Crippen molar-refractivity contribution < 1.29 is 9.21 Å². The third-order valence-corrected chi connectivity index (χ3v) is 2.68. The van der Waals surface area contributed by atoms with Crippen molar-refractivity contribution >= 4 is 18.3 Å². The van der Waals surface area contributed by atoms with Crippen molar-refractivity contribution in [2.45, 2.75) is 12.8 Å². The molecule has 1 aliphatic heterocycles. The Labute approximate surface area is 101 Å². The molecule has 1 aromatic rings. The van der Waals surface area contributed by atoms with Crippen molar-refractivity contribution in [2.24, 2.45) is 0 Å². The van der Waals surface area contributed by atoms with Gasteiger partial charge in [0.15, 0.2) is 0 Å². The summed E-state index contributed by atoms with van der Waals surface area (Å²) in [6.45, 7) is 3.50. The fourth-order valence-corrected chi connectivity index (χ4v) is 1.76. The summed E-state index contributed by atoms with van der Waals surface area (Å²) in [5.74, 6) is 0.248. The fraction of sp³-hybridized carbons (Fsp3) is 0.545. The van der Waals surface area contributed by atoms with Crippen molar-refractivity contribution in [3.63, 3.8) is 0 Å². The van der Waals surface area contributed by atoms with Gasteiger partial charge in [-0.3, -0.25) is 4.79 Å². The Kier molecular flexibility index (Phi) is 5.35. The zero-order valence-electron chi connectivity index (χ0n) is 9.15. The molecule has 1 N–H and O–H groups in total. The average Bonchev–Trinajstić information content (AvgIpc) is 2.80. The second-order valence-corrected chi connectivity index (χ2v) is 3.76. The van der Waals surface area contributed by atoms with Gasteiger partial charge in [0.1, 0.15) is 0 Å². The van der Waals surface area contributed by atoms with Crippen LogP contribution >= 0.6 is 12.4 Å². The second kappa shape index (κ2) is 6.55. The Bertz CT molecular complexity index is 308. The first-order valence-electron chi connectivity index (χ1n) is 5.36. The Morgan fingerprint density at radius 1 is 1.44 bits per heavy atom. The SMILES string of the molecule is Cl.O=C(CCc1ccoc1)N1CCNCC1. The third-order valence-electron chi connectivity index (χ3n) is 2.68. The zero-order chi connectivity index (χ0) is 10.5. The van der Waals surface area contributed by atoms with E-state index in [0.29, 0.717) is 6.42 Å². The lowest BCUT2D eigenvalue weighted by atomic mass is 10.1. The van der Waals surface area contributed by atoms with E-state index in [2.05, 4.69) is 5.32 Å². The van der Waals surface area contributed by atoms with Crippen LogP contribution in [0.4, 0.5) is 0 Å². The van der Waals surface area contributed by atoms with Gasteiger partial charge in [0.05, 0.1) is 12.5 Å². The number of furan rings is 1. The highest BCUT2D eigenvalue weighted by molar-refractivity contribution is 5.85. The molecule has 1 fully saturated rings. The van der Waals surface area contributed by atoms with Gasteiger partial charge in [0.2, 0.25) is 5.91 Å². The quantitative estimate of drug-likeness (QED) is 0.865. The number of hydrogen-bond donors (Lipinski definition) is 1. The molecule has 1 saturated heterocycles. The van der Waals surface area contributed by atoms with Gasteiger partial charge in [-0.15, -0.1) is 12.4 Å². The lowest BCUT2D eigenvalue weighted by Crippen LogP contribution is -2.46. The Morgan fingerprint density at radius 2 is 2.19 bits per heavy atom. The second-order valence-electron chi connectivity index (χ2n) is 3.76. The van der Waals surface area contributed by atoms with Gasteiger partial charge in [-0.1, -0.05) is 0 Å². The third kappa shape index (κ3) is 3.54. The Morgan fingerprint density at radius 3 is 2.81 bits per heavy atom. The molecule has 0 saturated carbocycles. The molecule has 0 radical (unpaired) electrons. The number of carbonyl (C=O) groups excluding carboxylic acids is 1. The summed E-state index contributed by atoms with van der Waals surface area (Å²) < 4.78 is 4.96. The van der Waals surface area contributed by atoms with Gasteiger partial charge < -0.3 is 14.6 Å². The van der Waals surface area contributed by atoms with Gasteiger partial charge >= 0.3 is 0 Å². The molecule has 4 nitrogen and oxygen atoms in total. The van der Waals surface area contributed by atoms with Crippen molar-refractivity contribution in [2.75, 3.05) is 26.2 Å². The molecule has 1 aliphatic rings. The van der Waals surface area contributed by atoms with Crippen molar-refractivity contribution in [1.29, 1.82) is 0 Å². The molecule has 16 heavy (non-hydrogen) atoms. The van der Waals surface area contributed by atoms with Gasteiger partial charge in [-0.05, 0) is 18.1 Å². The van der Waals surface area contributed by atoms with Gasteiger partial charge in [0, 0.05) is 32.6 Å². The molecule has 90 valence electrons. The van der Waals surface area contributed by atoms with Crippen LogP contribution in [-0.2, 0) is 11.2 Å². The van der Waals surface area contributed by atoms with Crippen LogP contribution in [0.25, 0.3) is 0 Å². The van der Waals surface area contributed by atoms with E-state index < -0.39 is 0 Å². The molecular formula is C11H17ClN2O2. The van der Waals surface area contributed by atoms with E-state index in [1.165, 1.54) is 0 Å². The van der Waals surface area contributed by atoms with E-state index >= 15 is 0 Å². The van der Waals surface area contributed by atoms with Crippen LogP contribution in [0.2, 0.25) is 0 Å². The van der Waals surface area contributed by atoms with E-state index in [1.54, 1.807) is 12.5 Å². The number of piperazine rings is 1. The van der Waals surface area contributed by atoms with Gasteiger partial charge in [-0.25, -0.2) is 0 Å². The van der Waals surface area contributed by atoms with Gasteiger partial charge in [0.25, 0.3) is 0 Å². The van der Waals surface area contributed by atoms with Crippen LogP contribution in [0.3, 0.4) is 0 Å². The summed E-state index contributed by atoms with van der Waals surface area (Å²) in [5, 5.41) is 3.23. The first kappa shape index (κ1) is 13.1. The average molecular weight is 245 g/mol. The topological polar surface area (TPSA) is 45.5 Å². The van der Waals surface area contributed by atoms with Crippen LogP contribution in [0.15, 0.2) is 23.0 Å². The molecule has 0 aromatic carbocycles. The summed E-state index contributed by atoms with van der Waals surface area (Å²) in [7, 11) is 0. The summed E-state index contributed by atoms with van der Waals surface area (Å²) >= 11 is 0. The van der Waals surface area contributed by atoms with Crippen LogP contribution in [0.1, 0.15) is 12.0 Å². The van der Waals surface area contributed by atoms with Crippen molar-refractivity contribution in [3.05, 3.63) is 24.2 Å². The van der Waals surface area contributed by atoms with Crippen LogP contribution in [-0.4, -0.2) is 37.0 Å². The molecule has 0 bridgehead atoms. The zero-order valence-corrected chi connectivity index (χ0v) is 9.96. The molecule has 1 aromatic heterocycles. The summed E-state index contributed by atoms with van der Waals surface area (Å²) in [5.41, 5.74) is 1.10. The smallest absolute Gasteiger partial charge is 0.222 e. The van der Waals surface area contributed by atoms with Crippen molar-refractivity contribution in [3.8, 4) is 0 Å². The Hall–Kier alpha value is -1.00. The molecule has 0 spiro atoms. The summed E-state index contributed by atoms with van der Waals surface area (Å²) in [6, 6.07) is 1.91. The minimum atomic E-state index is 0. The number of nitrogens with zero attached hydrogens (tertiary/aromatic N) is 1. The van der Waals surface area contributed by atoms with Crippen LogP contribution in [0.5, 0.6) is 0 Å². The van der Waals surface area contributed by atoms with E-state index in [0.717, 1.165) is 38.2 Å². The lowest BCUT2D eigenvalue weighted by molar-refractivity contribution is -0.131. The largest absolute Gasteiger partial charge is 0.472 e. The monoisotopic (exact) mass is 244 g/mol. The maximum absolute atomic E-state index is 11.8. The highest BCUT2D eigenvalue weighted by atomic mass is 35.5. The number of amides is 1. The fourth-order valence-electron chi connectivity index (χ4n) is 1.76. The first-order valence-corrected chi connectivity index (χ1v) is 5.36. The number of aryl methyl sites for hydroxylation is 1. The van der Waals surface area contributed by atoms with E-state index in [1.807, 2.05) is 11.0 Å². The first-order chi connectivity index (χ1) is 7.36. The minimum Gasteiger partial charge on any atom is -0.472 e. The maximum atomic E-state index is 11.8. The summed E-state index contributed by atoms with van der Waals surface area (Å²) in [4.78, 5) is 13.7. The standard InChI is InChI=1S/C11H16N2O2.ClH/c14-11(13-6-4-12-5-7-13)2-1-10-3-8-15-9-10;/h3,8-9,12H,1-2,4-7H2;1H. The van der Waals surface area contributed by atoms with E-state index in [-0.39, 0.29) is 18.3 Å². The normalized spacial score (nSPS) is 15.6. The highest BCUT2D eigenvalue weighted by Gasteiger charge is 2.15. The van der Waals surface area contributed by atoms with Crippen molar-refractivity contribution in [1.82, 2.24) is 10.2 Å². The van der Waals surface area contributed by atoms with Gasteiger partial charge in [-0.2, -0.15) is 0 Å². The Balaban J connectivity index is 0.00000128. The molecule has 5 heteroatoms. The number of hydrogen-bond acceptors (Lipinski definition) is 3. The number of halogens is 1. The van der Waals surface area contributed by atoms with Crippen LogP contribution < -0.4 is 5.32 Å². The molecule has 2 rings (SSSR count). The minimum absolute atomic E-state index is 0. The maximum Gasteiger partial charge on any atom is 0.222 e. The lowest BCUT2D eigenvalue weighted by Gasteiger charge is -2.27. The molecule has 2 heterocycles. The number of nitrogens with one attached hydrogen (secondary N) is 1. The summed E-state index contributed by atoms with van der Waals surface area (Å²) in [6.07, 6.45) is 4.70. The highest BCUT2D eigenvalue weighted by Crippen LogP contribution is 2.06. The molecule has 0 unspecified atom stereocenters. The predicted molar refractivity (Wildman–Crippen MR) is 63.7 cm³/mol.